The van der Waals surface area contributed by atoms with Crippen LogP contribution in [0.3, 0.4) is 0 Å². The van der Waals surface area contributed by atoms with Crippen LogP contribution in [-0.4, -0.2) is 7.11 Å². The summed E-state index contributed by atoms with van der Waals surface area (Å²) < 4.78 is 11.3. The van der Waals surface area contributed by atoms with E-state index in [1.807, 2.05) is 26.0 Å². The van der Waals surface area contributed by atoms with Crippen molar-refractivity contribution in [3.8, 4) is 17.2 Å². The van der Waals surface area contributed by atoms with Crippen molar-refractivity contribution in [1.82, 2.24) is 0 Å². The summed E-state index contributed by atoms with van der Waals surface area (Å²) in [5.74, 6) is 2.66. The van der Waals surface area contributed by atoms with Crippen molar-refractivity contribution in [2.75, 3.05) is 7.11 Å². The van der Waals surface area contributed by atoms with Crippen LogP contribution in [-0.2, 0) is 0 Å². The second-order valence-corrected chi connectivity index (χ2v) is 5.02. The van der Waals surface area contributed by atoms with Crippen LogP contribution in [0.2, 0.25) is 0 Å². The molecule has 0 atom stereocenters. The van der Waals surface area contributed by atoms with Crippen molar-refractivity contribution >= 4 is 0 Å². The molecule has 0 unspecified atom stereocenters. The molecule has 0 aliphatic carbocycles. The predicted molar refractivity (Wildman–Crippen MR) is 78.5 cm³/mol. The van der Waals surface area contributed by atoms with Crippen molar-refractivity contribution in [1.29, 1.82) is 0 Å². The highest BCUT2D eigenvalue weighted by Crippen LogP contribution is 2.32. The maximum absolute atomic E-state index is 6.05. The summed E-state index contributed by atoms with van der Waals surface area (Å²) >= 11 is 0. The van der Waals surface area contributed by atoms with Gasteiger partial charge in [-0.05, 0) is 74.2 Å². The largest absolute Gasteiger partial charge is 0.497 e. The van der Waals surface area contributed by atoms with Gasteiger partial charge in [-0.25, -0.2) is 0 Å². The molecule has 0 saturated carbocycles. The average Bonchev–Trinajstić information content (AvgIpc) is 2.32. The fourth-order valence-corrected chi connectivity index (χ4v) is 2.30. The Balaban J connectivity index is 2.38. The van der Waals surface area contributed by atoms with E-state index in [2.05, 4.69) is 32.0 Å². The van der Waals surface area contributed by atoms with Crippen molar-refractivity contribution in [3.63, 3.8) is 0 Å². The standard InChI is InChI=1S/C17H20O2/c1-11-6-12(2)8-16(7-11)19-17-13(3)9-15(18-5)10-14(17)4/h6-10H,1-5H3. The van der Waals surface area contributed by atoms with Gasteiger partial charge in [0.25, 0.3) is 0 Å². The zero-order chi connectivity index (χ0) is 14.0. The van der Waals surface area contributed by atoms with E-state index in [0.29, 0.717) is 0 Å². The van der Waals surface area contributed by atoms with Gasteiger partial charge in [0, 0.05) is 0 Å². The van der Waals surface area contributed by atoms with Crippen molar-refractivity contribution in [3.05, 3.63) is 52.6 Å². The Morgan fingerprint density at radius 1 is 0.684 bits per heavy atom. The van der Waals surface area contributed by atoms with Crippen LogP contribution in [0.4, 0.5) is 0 Å². The van der Waals surface area contributed by atoms with Crippen LogP contribution in [0, 0.1) is 27.7 Å². The number of benzene rings is 2. The number of hydrogen-bond acceptors (Lipinski definition) is 2. The molecule has 0 saturated heterocycles. The summed E-state index contributed by atoms with van der Waals surface area (Å²) in [5.41, 5.74) is 4.57. The summed E-state index contributed by atoms with van der Waals surface area (Å²) in [4.78, 5) is 0. The molecule has 0 fully saturated rings. The molecule has 0 spiro atoms. The van der Waals surface area contributed by atoms with Crippen LogP contribution < -0.4 is 9.47 Å². The summed E-state index contributed by atoms with van der Waals surface area (Å²) in [6.45, 7) is 8.22. The Hall–Kier alpha value is -1.96. The number of hydrogen-bond donors (Lipinski definition) is 0. The summed E-state index contributed by atoms with van der Waals surface area (Å²) in [5, 5.41) is 0. The van der Waals surface area contributed by atoms with Crippen LogP contribution in [0.15, 0.2) is 30.3 Å². The van der Waals surface area contributed by atoms with Crippen molar-refractivity contribution < 1.29 is 9.47 Å². The first kappa shape index (κ1) is 13.5. The van der Waals surface area contributed by atoms with Gasteiger partial charge < -0.3 is 9.47 Å². The molecule has 2 nitrogen and oxygen atoms in total. The number of methoxy groups -OCH3 is 1. The SMILES string of the molecule is COc1cc(C)c(Oc2cc(C)cc(C)c2)c(C)c1. The molecule has 0 heterocycles. The minimum atomic E-state index is 0.864. The Labute approximate surface area is 115 Å². The van der Waals surface area contributed by atoms with Crippen molar-refractivity contribution in [2.24, 2.45) is 0 Å². The fraction of sp³-hybridized carbons (Fsp3) is 0.294. The lowest BCUT2D eigenvalue weighted by Crippen LogP contribution is -1.94. The first-order chi connectivity index (χ1) is 8.99. The third-order valence-corrected chi connectivity index (χ3v) is 3.08. The minimum Gasteiger partial charge on any atom is -0.497 e. The van der Waals surface area contributed by atoms with Crippen LogP contribution in [0.25, 0.3) is 0 Å². The van der Waals surface area contributed by atoms with Gasteiger partial charge in [-0.3, -0.25) is 0 Å². The first-order valence-corrected chi connectivity index (χ1v) is 6.41. The first-order valence-electron chi connectivity index (χ1n) is 6.41. The molecule has 0 aliphatic heterocycles. The molecule has 0 N–H and O–H groups in total. The molecule has 0 radical (unpaired) electrons. The second kappa shape index (κ2) is 5.35. The quantitative estimate of drug-likeness (QED) is 0.791. The Bertz CT molecular complexity index is 557. The molecule has 2 heteroatoms. The zero-order valence-corrected chi connectivity index (χ0v) is 12.2. The lowest BCUT2D eigenvalue weighted by molar-refractivity contribution is 0.411. The lowest BCUT2D eigenvalue weighted by Gasteiger charge is -2.14. The highest BCUT2D eigenvalue weighted by atomic mass is 16.5. The Morgan fingerprint density at radius 2 is 1.21 bits per heavy atom. The summed E-state index contributed by atoms with van der Waals surface area (Å²) in [6.07, 6.45) is 0. The van der Waals surface area contributed by atoms with E-state index in [4.69, 9.17) is 9.47 Å². The van der Waals surface area contributed by atoms with E-state index >= 15 is 0 Å². The van der Waals surface area contributed by atoms with Gasteiger partial charge in [-0.2, -0.15) is 0 Å². The molecule has 100 valence electrons. The highest BCUT2D eigenvalue weighted by molar-refractivity contribution is 5.48. The lowest BCUT2D eigenvalue weighted by atomic mass is 10.1. The normalized spacial score (nSPS) is 10.4. The van der Waals surface area contributed by atoms with Gasteiger partial charge in [0.15, 0.2) is 0 Å². The summed E-state index contributed by atoms with van der Waals surface area (Å²) in [7, 11) is 1.68. The van der Waals surface area contributed by atoms with Crippen LogP contribution >= 0.6 is 0 Å². The molecular formula is C17H20O2. The van der Waals surface area contributed by atoms with Crippen molar-refractivity contribution in [2.45, 2.75) is 27.7 Å². The Kier molecular flexibility index (Phi) is 3.79. The molecule has 0 aliphatic rings. The number of ether oxygens (including phenoxy) is 2. The molecule has 2 rings (SSSR count). The molecule has 2 aromatic carbocycles. The molecule has 0 bridgehead atoms. The highest BCUT2D eigenvalue weighted by Gasteiger charge is 2.08. The molecule has 0 aromatic heterocycles. The fourth-order valence-electron chi connectivity index (χ4n) is 2.30. The van der Waals surface area contributed by atoms with Crippen LogP contribution in [0.1, 0.15) is 22.3 Å². The van der Waals surface area contributed by atoms with E-state index in [9.17, 15) is 0 Å². The zero-order valence-electron chi connectivity index (χ0n) is 12.2. The van der Waals surface area contributed by atoms with E-state index < -0.39 is 0 Å². The smallest absolute Gasteiger partial charge is 0.133 e. The number of rotatable bonds is 3. The van der Waals surface area contributed by atoms with E-state index in [1.54, 1.807) is 7.11 Å². The van der Waals surface area contributed by atoms with Gasteiger partial charge in [0.2, 0.25) is 0 Å². The maximum Gasteiger partial charge on any atom is 0.133 e. The maximum atomic E-state index is 6.05. The molecular weight excluding hydrogens is 236 g/mol. The monoisotopic (exact) mass is 256 g/mol. The van der Waals surface area contributed by atoms with Gasteiger partial charge in [-0.15, -0.1) is 0 Å². The number of aryl methyl sites for hydroxylation is 4. The molecule has 2 aromatic rings. The van der Waals surface area contributed by atoms with E-state index in [-0.39, 0.29) is 0 Å². The Morgan fingerprint density at radius 3 is 1.68 bits per heavy atom. The van der Waals surface area contributed by atoms with E-state index in [1.165, 1.54) is 11.1 Å². The van der Waals surface area contributed by atoms with Gasteiger partial charge in [0.05, 0.1) is 7.11 Å². The van der Waals surface area contributed by atoms with Gasteiger partial charge >= 0.3 is 0 Å². The third kappa shape index (κ3) is 3.08. The second-order valence-electron chi connectivity index (χ2n) is 5.02. The topological polar surface area (TPSA) is 18.5 Å². The minimum absolute atomic E-state index is 0.864. The summed E-state index contributed by atoms with van der Waals surface area (Å²) in [6, 6.07) is 10.2. The van der Waals surface area contributed by atoms with E-state index in [0.717, 1.165) is 28.4 Å². The average molecular weight is 256 g/mol. The molecule has 0 amide bonds. The predicted octanol–water partition coefficient (Wildman–Crippen LogP) is 4.72. The third-order valence-electron chi connectivity index (χ3n) is 3.08. The molecule has 19 heavy (non-hydrogen) atoms. The van der Waals surface area contributed by atoms with Gasteiger partial charge in [-0.1, -0.05) is 6.07 Å². The van der Waals surface area contributed by atoms with Gasteiger partial charge in [0.1, 0.15) is 17.2 Å². The van der Waals surface area contributed by atoms with Crippen LogP contribution in [0.5, 0.6) is 17.2 Å².